The van der Waals surface area contributed by atoms with E-state index >= 15 is 0 Å². The molecule has 0 N–H and O–H groups in total. The van der Waals surface area contributed by atoms with Crippen molar-refractivity contribution in [2.75, 3.05) is 7.11 Å². The molecule has 0 aliphatic rings. The normalized spacial score (nSPS) is 9.94. The topological polar surface area (TPSA) is 35.5 Å². The zero-order chi connectivity index (χ0) is 12.1. The number of methoxy groups -OCH3 is 1. The molecule has 17 heavy (non-hydrogen) atoms. The molecule has 2 rings (SSSR count). The first kappa shape index (κ1) is 11.7. The van der Waals surface area contributed by atoms with Crippen LogP contribution in [-0.2, 0) is 11.3 Å². The minimum Gasteiger partial charge on any atom is -0.479 e. The summed E-state index contributed by atoms with van der Waals surface area (Å²) in [7, 11) is 1.37. The molecule has 4 heteroatoms. The third-order valence-corrected chi connectivity index (χ3v) is 3.17. The van der Waals surface area contributed by atoms with Crippen molar-refractivity contribution in [2.45, 2.75) is 6.61 Å². The molecule has 0 radical (unpaired) electrons. The van der Waals surface area contributed by atoms with E-state index in [1.54, 1.807) is 12.1 Å². The lowest BCUT2D eigenvalue weighted by atomic mass is 10.2. The Labute approximate surface area is 104 Å². The minimum absolute atomic E-state index is 0.329. The van der Waals surface area contributed by atoms with Crippen LogP contribution in [0.25, 0.3) is 0 Å². The highest BCUT2D eigenvalue weighted by molar-refractivity contribution is 7.15. The van der Waals surface area contributed by atoms with Crippen LogP contribution in [0.3, 0.4) is 0 Å². The van der Waals surface area contributed by atoms with Gasteiger partial charge in [0, 0.05) is 0 Å². The van der Waals surface area contributed by atoms with Gasteiger partial charge in [-0.25, -0.2) is 4.79 Å². The average Bonchev–Trinajstić information content (AvgIpc) is 2.85. The average molecular weight is 248 g/mol. The summed E-state index contributed by atoms with van der Waals surface area (Å²) in [5.41, 5.74) is 1.10. The van der Waals surface area contributed by atoms with E-state index in [0.717, 1.165) is 5.56 Å². The molecule has 0 saturated heterocycles. The summed E-state index contributed by atoms with van der Waals surface area (Å²) in [5.74, 6) is -0.329. The Bertz CT molecular complexity index is 490. The molecule has 1 heterocycles. The van der Waals surface area contributed by atoms with Crippen molar-refractivity contribution in [3.05, 3.63) is 52.9 Å². The van der Waals surface area contributed by atoms with Crippen LogP contribution in [0.1, 0.15) is 15.2 Å². The maximum Gasteiger partial charge on any atom is 0.348 e. The van der Waals surface area contributed by atoms with Gasteiger partial charge in [-0.05, 0) is 17.7 Å². The van der Waals surface area contributed by atoms with Gasteiger partial charge in [0.25, 0.3) is 0 Å². The van der Waals surface area contributed by atoms with E-state index < -0.39 is 0 Å². The first-order valence-electron chi connectivity index (χ1n) is 5.14. The van der Waals surface area contributed by atoms with E-state index in [1.807, 2.05) is 30.3 Å². The van der Waals surface area contributed by atoms with Gasteiger partial charge in [0.05, 0.1) is 7.11 Å². The van der Waals surface area contributed by atoms with Crippen molar-refractivity contribution < 1.29 is 14.3 Å². The summed E-state index contributed by atoms with van der Waals surface area (Å²) in [4.78, 5) is 11.8. The molecule has 3 nitrogen and oxygen atoms in total. The monoisotopic (exact) mass is 248 g/mol. The summed E-state index contributed by atoms with van der Waals surface area (Å²) in [6.45, 7) is 0.502. The lowest BCUT2D eigenvalue weighted by Gasteiger charge is -2.02. The van der Waals surface area contributed by atoms with E-state index in [0.29, 0.717) is 16.5 Å². The van der Waals surface area contributed by atoms with Gasteiger partial charge in [0.2, 0.25) is 0 Å². The molecule has 0 spiro atoms. The molecule has 0 unspecified atom stereocenters. The smallest absolute Gasteiger partial charge is 0.348 e. The van der Waals surface area contributed by atoms with Crippen LogP contribution in [0.15, 0.2) is 42.5 Å². The Balaban J connectivity index is 1.96. The van der Waals surface area contributed by atoms with Crippen LogP contribution in [0, 0.1) is 0 Å². The van der Waals surface area contributed by atoms with Gasteiger partial charge >= 0.3 is 5.97 Å². The fraction of sp³-hybridized carbons (Fsp3) is 0.154. The number of carbonyl (C=O) groups is 1. The fourth-order valence-electron chi connectivity index (χ4n) is 1.34. The SMILES string of the molecule is COC(=O)c1ccc(OCc2ccccc2)s1. The van der Waals surface area contributed by atoms with Crippen molar-refractivity contribution in [3.63, 3.8) is 0 Å². The summed E-state index contributed by atoms with van der Waals surface area (Å²) in [6.07, 6.45) is 0. The lowest BCUT2D eigenvalue weighted by Crippen LogP contribution is -1.96. The molecule has 88 valence electrons. The Morgan fingerprint density at radius 2 is 1.94 bits per heavy atom. The predicted octanol–water partition coefficient (Wildman–Crippen LogP) is 3.11. The third kappa shape index (κ3) is 3.07. The highest BCUT2D eigenvalue weighted by Crippen LogP contribution is 2.25. The van der Waals surface area contributed by atoms with Crippen molar-refractivity contribution >= 4 is 17.3 Å². The maximum absolute atomic E-state index is 11.2. The van der Waals surface area contributed by atoms with Gasteiger partial charge in [-0.15, -0.1) is 0 Å². The van der Waals surface area contributed by atoms with Gasteiger partial charge in [-0.3, -0.25) is 0 Å². The number of thiophene rings is 1. The molecule has 0 saturated carbocycles. The molecule has 1 aromatic carbocycles. The van der Waals surface area contributed by atoms with E-state index in [9.17, 15) is 4.79 Å². The van der Waals surface area contributed by atoms with Crippen molar-refractivity contribution in [1.82, 2.24) is 0 Å². The van der Waals surface area contributed by atoms with Gasteiger partial charge in [0.1, 0.15) is 11.5 Å². The third-order valence-electron chi connectivity index (χ3n) is 2.19. The second kappa shape index (κ2) is 5.50. The number of carbonyl (C=O) groups excluding carboxylic acids is 1. The second-order valence-corrected chi connectivity index (χ2v) is 4.43. The van der Waals surface area contributed by atoms with E-state index in [1.165, 1.54) is 18.4 Å². The lowest BCUT2D eigenvalue weighted by molar-refractivity contribution is 0.0606. The molecule has 2 aromatic rings. The minimum atomic E-state index is -0.329. The van der Waals surface area contributed by atoms with Crippen molar-refractivity contribution in [3.8, 4) is 5.06 Å². The molecule has 0 aliphatic heterocycles. The Morgan fingerprint density at radius 3 is 2.65 bits per heavy atom. The number of hydrogen-bond acceptors (Lipinski definition) is 4. The van der Waals surface area contributed by atoms with Gasteiger partial charge < -0.3 is 9.47 Å². The number of esters is 1. The zero-order valence-electron chi connectivity index (χ0n) is 9.38. The first-order valence-corrected chi connectivity index (χ1v) is 5.96. The van der Waals surface area contributed by atoms with E-state index in [-0.39, 0.29) is 5.97 Å². The molecule has 0 fully saturated rings. The van der Waals surface area contributed by atoms with Crippen LogP contribution in [-0.4, -0.2) is 13.1 Å². The van der Waals surface area contributed by atoms with Crippen molar-refractivity contribution in [2.24, 2.45) is 0 Å². The Morgan fingerprint density at radius 1 is 1.18 bits per heavy atom. The molecule has 1 aromatic heterocycles. The Kier molecular flexibility index (Phi) is 3.77. The predicted molar refractivity (Wildman–Crippen MR) is 66.4 cm³/mol. The maximum atomic E-state index is 11.2. The molecular formula is C13H12O3S. The highest BCUT2D eigenvalue weighted by atomic mass is 32.1. The molecule has 0 bridgehead atoms. The zero-order valence-corrected chi connectivity index (χ0v) is 10.2. The van der Waals surface area contributed by atoms with Gasteiger partial charge in [0.15, 0.2) is 5.06 Å². The van der Waals surface area contributed by atoms with Crippen LogP contribution in [0.5, 0.6) is 5.06 Å². The van der Waals surface area contributed by atoms with Crippen LogP contribution < -0.4 is 4.74 Å². The fourth-order valence-corrected chi connectivity index (χ4v) is 2.11. The number of ether oxygens (including phenoxy) is 2. The van der Waals surface area contributed by atoms with Gasteiger partial charge in [-0.1, -0.05) is 41.7 Å². The summed E-state index contributed by atoms with van der Waals surface area (Å²) >= 11 is 1.29. The Hall–Kier alpha value is -1.81. The van der Waals surface area contributed by atoms with Crippen LogP contribution in [0.4, 0.5) is 0 Å². The second-order valence-electron chi connectivity index (χ2n) is 3.38. The van der Waals surface area contributed by atoms with Crippen molar-refractivity contribution in [1.29, 1.82) is 0 Å². The summed E-state index contributed by atoms with van der Waals surface area (Å²) in [5, 5.41) is 0.717. The van der Waals surface area contributed by atoms with Crippen LogP contribution in [0.2, 0.25) is 0 Å². The molecule has 0 amide bonds. The first-order chi connectivity index (χ1) is 8.29. The summed E-state index contributed by atoms with van der Waals surface area (Å²) < 4.78 is 10.2. The highest BCUT2D eigenvalue weighted by Gasteiger charge is 2.09. The van der Waals surface area contributed by atoms with Crippen LogP contribution >= 0.6 is 11.3 Å². The standard InChI is InChI=1S/C13H12O3S/c1-15-13(14)11-7-8-12(17-11)16-9-10-5-3-2-4-6-10/h2-8H,9H2,1H3. The molecule has 0 aliphatic carbocycles. The van der Waals surface area contributed by atoms with Gasteiger partial charge in [-0.2, -0.15) is 0 Å². The molecular weight excluding hydrogens is 236 g/mol. The summed E-state index contributed by atoms with van der Waals surface area (Å²) in [6, 6.07) is 13.4. The quantitative estimate of drug-likeness (QED) is 0.780. The number of rotatable bonds is 4. The molecule has 0 atom stereocenters. The van der Waals surface area contributed by atoms with E-state index in [4.69, 9.17) is 4.74 Å². The van der Waals surface area contributed by atoms with E-state index in [2.05, 4.69) is 4.74 Å². The largest absolute Gasteiger partial charge is 0.479 e. The number of benzene rings is 1. The number of hydrogen-bond donors (Lipinski definition) is 0.